The molecule has 0 aliphatic carbocycles. The summed E-state index contributed by atoms with van der Waals surface area (Å²) in [6.45, 7) is 4.13. The molecule has 1 N–H and O–H groups in total. The Bertz CT molecular complexity index is 509. The summed E-state index contributed by atoms with van der Waals surface area (Å²) in [6, 6.07) is 10.4. The van der Waals surface area contributed by atoms with Gasteiger partial charge in [0.1, 0.15) is 0 Å². The van der Waals surface area contributed by atoms with E-state index in [1.165, 1.54) is 14.9 Å². The predicted molar refractivity (Wildman–Crippen MR) is 88.5 cm³/mol. The van der Waals surface area contributed by atoms with Gasteiger partial charge < -0.3 is 5.32 Å². The largest absolute Gasteiger partial charge is 0.316 e. The van der Waals surface area contributed by atoms with Crippen molar-refractivity contribution in [2.24, 2.45) is 0 Å². The highest BCUT2D eigenvalue weighted by Gasteiger charge is 2.13. The number of rotatable bonds is 6. The summed E-state index contributed by atoms with van der Waals surface area (Å²) in [7, 11) is 0. The first-order valence-corrected chi connectivity index (χ1v) is 8.43. The van der Waals surface area contributed by atoms with Crippen molar-refractivity contribution in [2.45, 2.75) is 19.3 Å². The van der Waals surface area contributed by atoms with Gasteiger partial charge in [-0.25, -0.2) is 0 Å². The Labute approximate surface area is 132 Å². The second-order valence-electron chi connectivity index (χ2n) is 4.49. The van der Waals surface area contributed by atoms with E-state index in [4.69, 9.17) is 11.6 Å². The van der Waals surface area contributed by atoms with Gasteiger partial charge >= 0.3 is 0 Å². The molecule has 1 atom stereocenters. The molecule has 1 heterocycles. The van der Waals surface area contributed by atoms with Gasteiger partial charge in [-0.1, -0.05) is 30.7 Å². The number of benzene rings is 1. The fraction of sp³-hybridized carbons (Fsp3) is 0.333. The third-order valence-electron chi connectivity index (χ3n) is 3.05. The molecule has 0 amide bonds. The van der Waals surface area contributed by atoms with Crippen LogP contribution in [0.15, 0.2) is 40.2 Å². The molecule has 0 saturated heterocycles. The second kappa shape index (κ2) is 7.44. The standard InChI is InChI=1S/C15H17BrClNS/c1-2-18-9-12(7-15-8-13(16)10-19-15)11-3-5-14(17)6-4-11/h3-6,8,10,12,18H,2,7,9H2,1H3. The van der Waals surface area contributed by atoms with Gasteiger partial charge in [0.25, 0.3) is 0 Å². The van der Waals surface area contributed by atoms with Crippen LogP contribution >= 0.6 is 38.9 Å². The van der Waals surface area contributed by atoms with Crippen LogP contribution < -0.4 is 5.32 Å². The lowest BCUT2D eigenvalue weighted by Crippen LogP contribution is -2.22. The van der Waals surface area contributed by atoms with Crippen LogP contribution in [0.25, 0.3) is 0 Å². The van der Waals surface area contributed by atoms with Gasteiger partial charge in [0.05, 0.1) is 0 Å². The minimum Gasteiger partial charge on any atom is -0.316 e. The Morgan fingerprint density at radius 1 is 1.32 bits per heavy atom. The zero-order valence-corrected chi connectivity index (χ0v) is 14.0. The van der Waals surface area contributed by atoms with Crippen molar-refractivity contribution in [1.82, 2.24) is 5.32 Å². The summed E-state index contributed by atoms with van der Waals surface area (Å²) in [5.41, 5.74) is 1.34. The van der Waals surface area contributed by atoms with Crippen molar-refractivity contribution in [3.63, 3.8) is 0 Å². The predicted octanol–water partition coefficient (Wildman–Crippen LogP) is 5.10. The molecule has 19 heavy (non-hydrogen) atoms. The first kappa shape index (κ1) is 15.0. The molecule has 1 unspecified atom stereocenters. The first-order valence-electron chi connectivity index (χ1n) is 6.38. The van der Waals surface area contributed by atoms with Crippen molar-refractivity contribution in [2.75, 3.05) is 13.1 Å². The molecule has 2 aromatic rings. The maximum absolute atomic E-state index is 5.96. The van der Waals surface area contributed by atoms with Gasteiger partial charge in [0.2, 0.25) is 0 Å². The van der Waals surface area contributed by atoms with Crippen molar-refractivity contribution < 1.29 is 0 Å². The lowest BCUT2D eigenvalue weighted by molar-refractivity contribution is 0.598. The Morgan fingerprint density at radius 2 is 2.05 bits per heavy atom. The number of likely N-dealkylation sites (N-methyl/N-ethyl adjacent to an activating group) is 1. The highest BCUT2D eigenvalue weighted by Crippen LogP contribution is 2.27. The topological polar surface area (TPSA) is 12.0 Å². The fourth-order valence-electron chi connectivity index (χ4n) is 2.07. The van der Waals surface area contributed by atoms with E-state index in [0.717, 1.165) is 24.5 Å². The molecule has 0 radical (unpaired) electrons. The Morgan fingerprint density at radius 3 is 2.63 bits per heavy atom. The van der Waals surface area contributed by atoms with Crippen molar-refractivity contribution in [1.29, 1.82) is 0 Å². The van der Waals surface area contributed by atoms with Gasteiger partial charge in [-0.3, -0.25) is 0 Å². The lowest BCUT2D eigenvalue weighted by atomic mass is 9.95. The third-order valence-corrected chi connectivity index (χ3v) is 5.02. The average Bonchev–Trinajstić information content (AvgIpc) is 2.81. The second-order valence-corrected chi connectivity index (χ2v) is 6.84. The van der Waals surface area contributed by atoms with E-state index in [9.17, 15) is 0 Å². The van der Waals surface area contributed by atoms with Gasteiger partial charge in [0, 0.05) is 32.2 Å². The molecule has 4 heteroatoms. The van der Waals surface area contributed by atoms with Crippen LogP contribution in [0.2, 0.25) is 5.02 Å². The molecule has 0 bridgehead atoms. The highest BCUT2D eigenvalue weighted by molar-refractivity contribution is 9.10. The van der Waals surface area contributed by atoms with Crippen LogP contribution in [0.5, 0.6) is 0 Å². The SMILES string of the molecule is CCNCC(Cc1cc(Br)cs1)c1ccc(Cl)cc1. The number of hydrogen-bond donors (Lipinski definition) is 1. The van der Waals surface area contributed by atoms with E-state index in [0.29, 0.717) is 5.92 Å². The number of hydrogen-bond acceptors (Lipinski definition) is 2. The summed E-state index contributed by atoms with van der Waals surface area (Å²) in [6.07, 6.45) is 1.06. The number of nitrogens with one attached hydrogen (secondary N) is 1. The van der Waals surface area contributed by atoms with Gasteiger partial charge in [-0.05, 0) is 52.7 Å². The zero-order valence-electron chi connectivity index (χ0n) is 10.8. The minimum atomic E-state index is 0.489. The van der Waals surface area contributed by atoms with E-state index in [2.05, 4.69) is 51.7 Å². The molecule has 0 fully saturated rings. The Kier molecular flexibility index (Phi) is 5.89. The van der Waals surface area contributed by atoms with Gasteiger partial charge in [-0.15, -0.1) is 11.3 Å². The van der Waals surface area contributed by atoms with E-state index >= 15 is 0 Å². The number of thiophene rings is 1. The quantitative estimate of drug-likeness (QED) is 0.757. The van der Waals surface area contributed by atoms with Crippen LogP contribution in [0.3, 0.4) is 0 Å². The monoisotopic (exact) mass is 357 g/mol. The molecule has 1 aromatic carbocycles. The maximum Gasteiger partial charge on any atom is 0.0406 e. The average molecular weight is 359 g/mol. The summed E-state index contributed by atoms with van der Waals surface area (Å²) in [5, 5.41) is 6.38. The normalized spacial score (nSPS) is 12.6. The van der Waals surface area contributed by atoms with Crippen LogP contribution in [0, 0.1) is 0 Å². The third kappa shape index (κ3) is 4.60. The molecule has 0 saturated carbocycles. The summed E-state index contributed by atoms with van der Waals surface area (Å²) < 4.78 is 1.17. The minimum absolute atomic E-state index is 0.489. The molecule has 102 valence electrons. The molecular weight excluding hydrogens is 342 g/mol. The molecule has 0 spiro atoms. The molecule has 0 aliphatic rings. The Balaban J connectivity index is 2.13. The fourth-order valence-corrected chi connectivity index (χ4v) is 3.72. The number of halogens is 2. The van der Waals surface area contributed by atoms with Gasteiger partial charge in [-0.2, -0.15) is 0 Å². The van der Waals surface area contributed by atoms with Crippen LogP contribution in [0.1, 0.15) is 23.3 Å². The Hall–Kier alpha value is -0.350. The summed E-state index contributed by atoms with van der Waals surface area (Å²) in [5.74, 6) is 0.489. The van der Waals surface area contributed by atoms with E-state index in [-0.39, 0.29) is 0 Å². The van der Waals surface area contributed by atoms with Crippen LogP contribution in [-0.4, -0.2) is 13.1 Å². The summed E-state index contributed by atoms with van der Waals surface area (Å²) >= 11 is 11.3. The van der Waals surface area contributed by atoms with Crippen LogP contribution in [0.4, 0.5) is 0 Å². The maximum atomic E-state index is 5.96. The molecule has 1 aromatic heterocycles. The van der Waals surface area contributed by atoms with Crippen molar-refractivity contribution >= 4 is 38.9 Å². The highest BCUT2D eigenvalue weighted by atomic mass is 79.9. The van der Waals surface area contributed by atoms with Crippen molar-refractivity contribution in [3.8, 4) is 0 Å². The van der Waals surface area contributed by atoms with E-state index in [1.54, 1.807) is 0 Å². The zero-order chi connectivity index (χ0) is 13.7. The molecular formula is C15H17BrClNS. The van der Waals surface area contributed by atoms with Crippen LogP contribution in [-0.2, 0) is 6.42 Å². The lowest BCUT2D eigenvalue weighted by Gasteiger charge is -2.17. The van der Waals surface area contributed by atoms with E-state index in [1.807, 2.05) is 23.5 Å². The smallest absolute Gasteiger partial charge is 0.0406 e. The van der Waals surface area contributed by atoms with E-state index < -0.39 is 0 Å². The first-order chi connectivity index (χ1) is 9.19. The van der Waals surface area contributed by atoms with Crippen molar-refractivity contribution in [3.05, 3.63) is 55.6 Å². The van der Waals surface area contributed by atoms with Gasteiger partial charge in [0.15, 0.2) is 0 Å². The molecule has 0 aliphatic heterocycles. The molecule has 2 rings (SSSR count). The summed E-state index contributed by atoms with van der Waals surface area (Å²) in [4.78, 5) is 1.41. The molecule has 1 nitrogen and oxygen atoms in total.